The van der Waals surface area contributed by atoms with Crippen molar-refractivity contribution < 1.29 is 9.53 Å². The van der Waals surface area contributed by atoms with Gasteiger partial charge >= 0.3 is 0 Å². The predicted molar refractivity (Wildman–Crippen MR) is 120 cm³/mol. The molecular formula is C25H23N3O3. The number of pyridine rings is 2. The van der Waals surface area contributed by atoms with Gasteiger partial charge in [-0.05, 0) is 66.4 Å². The first-order chi connectivity index (χ1) is 15.0. The number of hydrogen-bond donors (Lipinski definition) is 1. The van der Waals surface area contributed by atoms with E-state index in [0.717, 1.165) is 22.0 Å². The van der Waals surface area contributed by atoms with Crippen molar-refractivity contribution >= 4 is 16.8 Å². The molecule has 0 saturated carbocycles. The van der Waals surface area contributed by atoms with Gasteiger partial charge in [-0.25, -0.2) is 0 Å². The van der Waals surface area contributed by atoms with Gasteiger partial charge < -0.3 is 14.6 Å². The van der Waals surface area contributed by atoms with Crippen LogP contribution in [0.1, 0.15) is 27.0 Å². The van der Waals surface area contributed by atoms with Gasteiger partial charge in [0.25, 0.3) is 11.5 Å². The summed E-state index contributed by atoms with van der Waals surface area (Å²) in [5, 5.41) is 0.938. The summed E-state index contributed by atoms with van der Waals surface area (Å²) in [7, 11) is 1.58. The van der Waals surface area contributed by atoms with E-state index < -0.39 is 0 Å². The lowest BCUT2D eigenvalue weighted by Gasteiger charge is -2.23. The van der Waals surface area contributed by atoms with Crippen LogP contribution in [0.4, 0.5) is 0 Å². The van der Waals surface area contributed by atoms with Crippen molar-refractivity contribution in [1.29, 1.82) is 0 Å². The number of amides is 1. The number of carbonyl (C=O) groups excluding carboxylic acids is 1. The third-order valence-electron chi connectivity index (χ3n) is 5.16. The molecule has 0 aliphatic heterocycles. The molecule has 4 rings (SSSR count). The monoisotopic (exact) mass is 413 g/mol. The Labute approximate surface area is 180 Å². The summed E-state index contributed by atoms with van der Waals surface area (Å²) in [6.45, 7) is 2.52. The van der Waals surface area contributed by atoms with Gasteiger partial charge in [0.2, 0.25) is 0 Å². The molecule has 0 saturated heterocycles. The highest BCUT2D eigenvalue weighted by molar-refractivity contribution is 5.94. The molecule has 0 spiro atoms. The van der Waals surface area contributed by atoms with Crippen LogP contribution in [0.2, 0.25) is 0 Å². The van der Waals surface area contributed by atoms with E-state index in [1.54, 1.807) is 48.7 Å². The summed E-state index contributed by atoms with van der Waals surface area (Å²) in [6.07, 6.45) is 3.41. The molecule has 2 aromatic carbocycles. The Morgan fingerprint density at radius 1 is 1.06 bits per heavy atom. The highest BCUT2D eigenvalue weighted by atomic mass is 16.5. The number of ether oxygens (including phenoxy) is 1. The van der Waals surface area contributed by atoms with Crippen LogP contribution in [0, 0.1) is 6.92 Å². The van der Waals surface area contributed by atoms with Crippen molar-refractivity contribution in [3.05, 3.63) is 106 Å². The quantitative estimate of drug-likeness (QED) is 0.517. The van der Waals surface area contributed by atoms with Crippen LogP contribution in [0.5, 0.6) is 5.75 Å². The molecule has 1 N–H and O–H groups in total. The number of aromatic nitrogens is 2. The topological polar surface area (TPSA) is 75.3 Å². The maximum Gasteiger partial charge on any atom is 0.254 e. The van der Waals surface area contributed by atoms with E-state index in [-0.39, 0.29) is 18.0 Å². The van der Waals surface area contributed by atoms with E-state index in [0.29, 0.717) is 23.4 Å². The molecule has 1 amide bonds. The summed E-state index contributed by atoms with van der Waals surface area (Å²) in [5.41, 5.74) is 3.63. The van der Waals surface area contributed by atoms with Crippen LogP contribution in [0.3, 0.4) is 0 Å². The van der Waals surface area contributed by atoms with Crippen molar-refractivity contribution in [2.75, 3.05) is 7.11 Å². The van der Waals surface area contributed by atoms with Crippen LogP contribution in [-0.2, 0) is 13.1 Å². The molecule has 31 heavy (non-hydrogen) atoms. The Morgan fingerprint density at radius 3 is 2.58 bits per heavy atom. The molecule has 6 heteroatoms. The summed E-state index contributed by atoms with van der Waals surface area (Å²) in [5.74, 6) is 0.506. The van der Waals surface area contributed by atoms with E-state index in [1.807, 2.05) is 43.3 Å². The number of methoxy groups -OCH3 is 1. The summed E-state index contributed by atoms with van der Waals surface area (Å²) < 4.78 is 5.19. The average Bonchev–Trinajstić information content (AvgIpc) is 2.79. The van der Waals surface area contributed by atoms with Gasteiger partial charge in [-0.2, -0.15) is 0 Å². The number of rotatable bonds is 6. The Balaban J connectivity index is 1.70. The third-order valence-corrected chi connectivity index (χ3v) is 5.16. The molecule has 6 nitrogen and oxygen atoms in total. The fourth-order valence-corrected chi connectivity index (χ4v) is 3.52. The number of hydrogen-bond acceptors (Lipinski definition) is 4. The summed E-state index contributed by atoms with van der Waals surface area (Å²) in [6, 6.07) is 18.4. The minimum Gasteiger partial charge on any atom is -0.497 e. The fraction of sp³-hybridized carbons (Fsp3) is 0.160. The second-order valence-electron chi connectivity index (χ2n) is 7.47. The first kappa shape index (κ1) is 20.3. The number of nitrogens with one attached hydrogen (secondary N) is 1. The Hall–Kier alpha value is -3.93. The predicted octanol–water partition coefficient (Wildman–Crippen LogP) is 4.08. The fourth-order valence-electron chi connectivity index (χ4n) is 3.52. The zero-order chi connectivity index (χ0) is 21.8. The summed E-state index contributed by atoms with van der Waals surface area (Å²) >= 11 is 0. The van der Waals surface area contributed by atoms with Gasteiger partial charge in [0, 0.05) is 35.6 Å². The first-order valence-corrected chi connectivity index (χ1v) is 9.98. The lowest BCUT2D eigenvalue weighted by atomic mass is 10.1. The van der Waals surface area contributed by atoms with Crippen LogP contribution in [0.15, 0.2) is 77.9 Å². The van der Waals surface area contributed by atoms with Crippen LogP contribution in [0.25, 0.3) is 10.9 Å². The zero-order valence-corrected chi connectivity index (χ0v) is 17.5. The smallest absolute Gasteiger partial charge is 0.254 e. The highest BCUT2D eigenvalue weighted by Gasteiger charge is 2.19. The number of carbonyl (C=O) groups is 1. The Morgan fingerprint density at radius 2 is 1.87 bits per heavy atom. The average molecular weight is 413 g/mol. The second-order valence-corrected chi connectivity index (χ2v) is 7.47. The number of benzene rings is 2. The molecule has 0 aliphatic rings. The highest BCUT2D eigenvalue weighted by Crippen LogP contribution is 2.18. The molecule has 0 radical (unpaired) electrons. The van der Waals surface area contributed by atoms with E-state index in [9.17, 15) is 9.59 Å². The lowest BCUT2D eigenvalue weighted by Crippen LogP contribution is -2.32. The van der Waals surface area contributed by atoms with E-state index >= 15 is 0 Å². The molecule has 2 aromatic heterocycles. The van der Waals surface area contributed by atoms with Gasteiger partial charge in [0.05, 0.1) is 13.7 Å². The van der Waals surface area contributed by atoms with E-state index in [4.69, 9.17) is 4.74 Å². The Bertz CT molecular complexity index is 1260. The molecular weight excluding hydrogens is 390 g/mol. The molecule has 2 heterocycles. The number of fused-ring (bicyclic) bond motifs is 1. The minimum absolute atomic E-state index is 0.171. The van der Waals surface area contributed by atoms with Gasteiger partial charge in [0.15, 0.2) is 0 Å². The van der Waals surface area contributed by atoms with Crippen molar-refractivity contribution in [3.8, 4) is 5.75 Å². The molecule has 0 bridgehead atoms. The van der Waals surface area contributed by atoms with Crippen molar-refractivity contribution in [1.82, 2.24) is 14.9 Å². The number of H-pyrrole nitrogens is 1. The third kappa shape index (κ3) is 4.64. The van der Waals surface area contributed by atoms with Crippen LogP contribution < -0.4 is 10.3 Å². The number of aryl methyl sites for hydroxylation is 1. The second kappa shape index (κ2) is 8.83. The molecule has 0 unspecified atom stereocenters. The maximum absolute atomic E-state index is 13.3. The first-order valence-electron chi connectivity index (χ1n) is 9.98. The van der Waals surface area contributed by atoms with E-state index in [1.165, 1.54) is 0 Å². The molecule has 4 aromatic rings. The van der Waals surface area contributed by atoms with Crippen LogP contribution >= 0.6 is 0 Å². The molecule has 0 atom stereocenters. The SMILES string of the molecule is COc1ccc(C(=O)N(Cc2cccnc2)Cc2cc3cc(C)ccc3[nH]c2=O)cc1. The largest absolute Gasteiger partial charge is 0.497 e. The molecule has 0 aliphatic carbocycles. The normalized spacial score (nSPS) is 10.8. The standard InChI is InChI=1S/C25H23N3O3/c1-17-5-10-23-20(12-17)13-21(24(29)27-23)16-28(15-18-4-3-11-26-14-18)25(30)19-6-8-22(31-2)9-7-19/h3-14H,15-16H2,1-2H3,(H,27,29). The number of nitrogens with zero attached hydrogens (tertiary/aromatic N) is 2. The summed E-state index contributed by atoms with van der Waals surface area (Å²) in [4.78, 5) is 34.8. The molecule has 0 fully saturated rings. The van der Waals surface area contributed by atoms with Crippen molar-refractivity contribution in [3.63, 3.8) is 0 Å². The Kier molecular flexibility index (Phi) is 5.80. The van der Waals surface area contributed by atoms with Crippen molar-refractivity contribution in [2.24, 2.45) is 0 Å². The maximum atomic E-state index is 13.3. The van der Waals surface area contributed by atoms with Gasteiger partial charge in [0.1, 0.15) is 5.75 Å². The van der Waals surface area contributed by atoms with Gasteiger partial charge in [-0.1, -0.05) is 17.7 Å². The zero-order valence-electron chi connectivity index (χ0n) is 17.5. The van der Waals surface area contributed by atoms with E-state index in [2.05, 4.69) is 9.97 Å². The lowest BCUT2D eigenvalue weighted by molar-refractivity contribution is 0.0729. The number of aromatic amines is 1. The minimum atomic E-state index is -0.199. The van der Waals surface area contributed by atoms with Crippen molar-refractivity contribution in [2.45, 2.75) is 20.0 Å². The van der Waals surface area contributed by atoms with Gasteiger partial charge in [-0.3, -0.25) is 14.6 Å². The van der Waals surface area contributed by atoms with Gasteiger partial charge in [-0.15, -0.1) is 0 Å². The van der Waals surface area contributed by atoms with Crippen LogP contribution in [-0.4, -0.2) is 27.9 Å². The molecule has 156 valence electrons.